The molecule has 1 aliphatic heterocycles. The highest BCUT2D eigenvalue weighted by Crippen LogP contribution is 2.28. The van der Waals surface area contributed by atoms with Crippen LogP contribution in [0.4, 0.5) is 0 Å². The summed E-state index contributed by atoms with van der Waals surface area (Å²) in [5.41, 5.74) is 0. The van der Waals surface area contributed by atoms with E-state index < -0.39 is 9.84 Å². The lowest BCUT2D eigenvalue weighted by atomic mass is 9.89. The van der Waals surface area contributed by atoms with Crippen LogP contribution in [0.1, 0.15) is 19.8 Å². The Hall–Kier alpha value is -1.07. The van der Waals surface area contributed by atoms with Crippen LogP contribution in [0, 0.1) is 11.8 Å². The number of benzene rings is 1. The second-order valence-electron chi connectivity index (χ2n) is 5.68. The molecule has 1 aliphatic rings. The van der Waals surface area contributed by atoms with E-state index in [1.165, 1.54) is 0 Å². The highest BCUT2D eigenvalue weighted by Gasteiger charge is 2.33. The van der Waals surface area contributed by atoms with E-state index in [2.05, 4.69) is 12.2 Å². The average Bonchev–Trinajstić information content (AvgIpc) is 2.84. The fourth-order valence-corrected chi connectivity index (χ4v) is 4.79. The quantitative estimate of drug-likeness (QED) is 0.799. The minimum absolute atomic E-state index is 0.272. The van der Waals surface area contributed by atoms with Crippen molar-refractivity contribution in [2.75, 3.05) is 31.2 Å². The molecule has 0 aliphatic carbocycles. The number of hydrogen-bond acceptors (Lipinski definition) is 4. The zero-order valence-electron chi connectivity index (χ0n) is 12.6. The van der Waals surface area contributed by atoms with Gasteiger partial charge in [0, 0.05) is 0 Å². The van der Waals surface area contributed by atoms with Gasteiger partial charge in [-0.2, -0.15) is 0 Å². The highest BCUT2D eigenvalue weighted by atomic mass is 32.2. The number of rotatable bonds is 8. The van der Waals surface area contributed by atoms with Crippen LogP contribution in [0.5, 0.6) is 5.75 Å². The molecule has 0 radical (unpaired) electrons. The van der Waals surface area contributed by atoms with Crippen LogP contribution in [-0.4, -0.2) is 39.6 Å². The van der Waals surface area contributed by atoms with E-state index in [1.807, 2.05) is 30.3 Å². The largest absolute Gasteiger partial charge is 0.494 e. The predicted molar refractivity (Wildman–Crippen MR) is 85.3 cm³/mol. The van der Waals surface area contributed by atoms with Gasteiger partial charge in [-0.15, -0.1) is 0 Å². The van der Waals surface area contributed by atoms with Crippen molar-refractivity contribution < 1.29 is 13.2 Å². The van der Waals surface area contributed by atoms with Crippen LogP contribution in [0.25, 0.3) is 0 Å². The first-order valence-corrected chi connectivity index (χ1v) is 9.52. The Bertz CT molecular complexity index is 516. The molecule has 0 bridgehead atoms. The zero-order chi connectivity index (χ0) is 15.1. The Balaban J connectivity index is 1.85. The fourth-order valence-electron chi connectivity index (χ4n) is 2.87. The van der Waals surface area contributed by atoms with Gasteiger partial charge >= 0.3 is 0 Å². The molecule has 4 nitrogen and oxygen atoms in total. The van der Waals surface area contributed by atoms with Crippen molar-refractivity contribution in [3.63, 3.8) is 0 Å². The number of sulfone groups is 1. The summed E-state index contributed by atoms with van der Waals surface area (Å²) >= 11 is 0. The second-order valence-corrected chi connectivity index (χ2v) is 7.91. The van der Waals surface area contributed by atoms with Crippen molar-refractivity contribution in [3.05, 3.63) is 30.3 Å². The molecule has 2 rings (SSSR count). The number of ether oxygens (including phenoxy) is 1. The van der Waals surface area contributed by atoms with Gasteiger partial charge < -0.3 is 10.1 Å². The minimum atomic E-state index is -2.81. The molecule has 0 saturated carbocycles. The predicted octanol–water partition coefficient (Wildman–Crippen LogP) is 2.12. The molecule has 1 aromatic carbocycles. The summed E-state index contributed by atoms with van der Waals surface area (Å²) in [4.78, 5) is 0. The van der Waals surface area contributed by atoms with Crippen molar-refractivity contribution in [1.29, 1.82) is 0 Å². The molecule has 1 saturated heterocycles. The molecule has 1 fully saturated rings. The van der Waals surface area contributed by atoms with Crippen molar-refractivity contribution in [3.8, 4) is 5.75 Å². The van der Waals surface area contributed by atoms with Gasteiger partial charge in [0.2, 0.25) is 0 Å². The Morgan fingerprint density at radius 3 is 2.71 bits per heavy atom. The second kappa shape index (κ2) is 7.80. The smallest absolute Gasteiger partial charge is 0.150 e. The van der Waals surface area contributed by atoms with Gasteiger partial charge in [-0.05, 0) is 49.9 Å². The Morgan fingerprint density at radius 1 is 1.33 bits per heavy atom. The zero-order valence-corrected chi connectivity index (χ0v) is 13.4. The average molecular weight is 311 g/mol. The van der Waals surface area contributed by atoms with Gasteiger partial charge in [0.05, 0.1) is 18.1 Å². The van der Waals surface area contributed by atoms with E-state index in [0.717, 1.165) is 31.7 Å². The molecule has 2 unspecified atom stereocenters. The molecule has 0 spiro atoms. The minimum Gasteiger partial charge on any atom is -0.494 e. The molecule has 0 aromatic heterocycles. The van der Waals surface area contributed by atoms with E-state index in [-0.39, 0.29) is 5.92 Å². The lowest BCUT2D eigenvalue weighted by molar-refractivity contribution is 0.239. The first kappa shape index (κ1) is 16.3. The molecule has 21 heavy (non-hydrogen) atoms. The maximum absolute atomic E-state index is 11.7. The summed E-state index contributed by atoms with van der Waals surface area (Å²) in [5, 5.41) is 3.35. The van der Waals surface area contributed by atoms with Gasteiger partial charge in [-0.1, -0.05) is 25.1 Å². The van der Waals surface area contributed by atoms with Gasteiger partial charge in [-0.3, -0.25) is 0 Å². The summed E-state index contributed by atoms with van der Waals surface area (Å²) in [7, 11) is -2.81. The highest BCUT2D eigenvalue weighted by molar-refractivity contribution is 7.91. The Labute approximate surface area is 127 Å². The van der Waals surface area contributed by atoms with Crippen LogP contribution in [-0.2, 0) is 9.84 Å². The molecule has 1 N–H and O–H groups in total. The maximum Gasteiger partial charge on any atom is 0.150 e. The normalized spacial score (nSPS) is 22.0. The molecular weight excluding hydrogens is 286 g/mol. The molecule has 5 heteroatoms. The van der Waals surface area contributed by atoms with Crippen LogP contribution >= 0.6 is 0 Å². The summed E-state index contributed by atoms with van der Waals surface area (Å²) in [6, 6.07) is 9.76. The Kier molecular flexibility index (Phi) is 6.06. The molecule has 2 atom stereocenters. The third-order valence-corrected chi connectivity index (χ3v) is 5.89. The van der Waals surface area contributed by atoms with Gasteiger partial charge in [0.15, 0.2) is 9.84 Å². The van der Waals surface area contributed by atoms with Crippen molar-refractivity contribution >= 4 is 9.84 Å². The van der Waals surface area contributed by atoms with Crippen molar-refractivity contribution in [2.24, 2.45) is 11.8 Å². The molecular formula is C16H25NO3S. The number of nitrogens with one attached hydrogen (secondary N) is 1. The summed E-state index contributed by atoms with van der Waals surface area (Å²) in [6.45, 7) is 4.49. The van der Waals surface area contributed by atoms with Crippen LogP contribution in [0.3, 0.4) is 0 Å². The lowest BCUT2D eigenvalue weighted by Crippen LogP contribution is -2.30. The maximum atomic E-state index is 11.7. The van der Waals surface area contributed by atoms with Gasteiger partial charge in [0.1, 0.15) is 5.75 Å². The van der Waals surface area contributed by atoms with Gasteiger partial charge in [-0.25, -0.2) is 8.42 Å². The molecule has 0 amide bonds. The van der Waals surface area contributed by atoms with E-state index in [0.29, 0.717) is 24.0 Å². The van der Waals surface area contributed by atoms with Crippen molar-refractivity contribution in [2.45, 2.75) is 19.8 Å². The van der Waals surface area contributed by atoms with Crippen LogP contribution in [0.15, 0.2) is 30.3 Å². The van der Waals surface area contributed by atoms with Crippen LogP contribution in [0.2, 0.25) is 0 Å². The standard InChI is InChI=1S/C16H25NO3S/c1-2-17-12-14(15-9-11-21(18,19)13-15)8-10-20-16-6-4-3-5-7-16/h3-7,14-15,17H,2,8-13H2,1H3. The van der Waals surface area contributed by atoms with E-state index in [4.69, 9.17) is 4.74 Å². The SMILES string of the molecule is CCNCC(CCOc1ccccc1)C1CCS(=O)(=O)C1. The van der Waals surface area contributed by atoms with Crippen molar-refractivity contribution in [1.82, 2.24) is 5.32 Å². The first-order chi connectivity index (χ1) is 10.1. The summed E-state index contributed by atoms with van der Waals surface area (Å²) in [6.07, 6.45) is 1.69. The third-order valence-electron chi connectivity index (χ3n) is 4.09. The lowest BCUT2D eigenvalue weighted by Gasteiger charge is -2.23. The van der Waals surface area contributed by atoms with E-state index in [1.54, 1.807) is 0 Å². The molecule has 1 aromatic rings. The fraction of sp³-hybridized carbons (Fsp3) is 0.625. The number of para-hydroxylation sites is 1. The van der Waals surface area contributed by atoms with Gasteiger partial charge in [0.25, 0.3) is 0 Å². The monoisotopic (exact) mass is 311 g/mol. The van der Waals surface area contributed by atoms with E-state index in [9.17, 15) is 8.42 Å². The van der Waals surface area contributed by atoms with Crippen LogP contribution < -0.4 is 10.1 Å². The summed E-state index contributed by atoms with van der Waals surface area (Å²) < 4.78 is 29.1. The molecule has 1 heterocycles. The Morgan fingerprint density at radius 2 is 2.10 bits per heavy atom. The first-order valence-electron chi connectivity index (χ1n) is 7.69. The third kappa shape index (κ3) is 5.32. The summed E-state index contributed by atoms with van der Waals surface area (Å²) in [5.74, 6) is 2.20. The number of hydrogen-bond donors (Lipinski definition) is 1. The molecule has 118 valence electrons. The topological polar surface area (TPSA) is 55.4 Å². The van der Waals surface area contributed by atoms with E-state index >= 15 is 0 Å².